The molecule has 0 saturated heterocycles. The highest BCUT2D eigenvalue weighted by molar-refractivity contribution is 5.98. The lowest BCUT2D eigenvalue weighted by atomic mass is 9.87. The Morgan fingerprint density at radius 2 is 1.65 bits per heavy atom. The van der Waals surface area contributed by atoms with Gasteiger partial charge < -0.3 is 19.4 Å². The summed E-state index contributed by atoms with van der Waals surface area (Å²) in [5.41, 5.74) is 4.88. The number of rotatable bonds is 4. The van der Waals surface area contributed by atoms with Crippen LogP contribution in [0.2, 0.25) is 0 Å². The van der Waals surface area contributed by atoms with Crippen molar-refractivity contribution in [3.05, 3.63) is 95.2 Å². The minimum atomic E-state index is -0.205. The molecule has 1 amide bonds. The highest BCUT2D eigenvalue weighted by Gasteiger charge is 2.34. The number of benzene rings is 3. The molecule has 1 N–H and O–H groups in total. The summed E-state index contributed by atoms with van der Waals surface area (Å²) in [4.78, 5) is 18.9. The Morgan fingerprint density at radius 1 is 0.935 bits per heavy atom. The predicted molar refractivity (Wildman–Crippen MR) is 121 cm³/mol. The van der Waals surface area contributed by atoms with Crippen LogP contribution in [0.4, 0.5) is 0 Å². The second kappa shape index (κ2) is 7.84. The van der Waals surface area contributed by atoms with Crippen LogP contribution in [0.3, 0.4) is 0 Å². The Kier molecular flexibility index (Phi) is 4.86. The number of ether oxygens (including phenoxy) is 2. The molecular weight excluding hydrogens is 388 g/mol. The lowest BCUT2D eigenvalue weighted by Crippen LogP contribution is -2.40. The van der Waals surface area contributed by atoms with Crippen LogP contribution in [0.5, 0.6) is 11.5 Å². The van der Waals surface area contributed by atoms with Crippen molar-refractivity contribution < 1.29 is 14.3 Å². The van der Waals surface area contributed by atoms with E-state index in [4.69, 9.17) is 9.47 Å². The maximum Gasteiger partial charge on any atom is 0.271 e. The molecule has 1 aliphatic heterocycles. The predicted octanol–water partition coefficient (Wildman–Crippen LogP) is 4.97. The number of fused-ring (bicyclic) bond motifs is 2. The van der Waals surface area contributed by atoms with Gasteiger partial charge in [-0.2, -0.15) is 0 Å². The molecule has 0 aliphatic carbocycles. The summed E-state index contributed by atoms with van der Waals surface area (Å²) in [7, 11) is 3.28. The quantitative estimate of drug-likeness (QED) is 0.515. The first-order chi connectivity index (χ1) is 15.2. The topological polar surface area (TPSA) is 54.6 Å². The first kappa shape index (κ1) is 19.2. The van der Waals surface area contributed by atoms with Gasteiger partial charge in [-0.3, -0.25) is 4.79 Å². The number of amides is 1. The van der Waals surface area contributed by atoms with E-state index in [1.807, 2.05) is 65.6 Å². The number of methoxy groups -OCH3 is 2. The number of H-pyrrole nitrogens is 1. The fourth-order valence-electron chi connectivity index (χ4n) is 4.50. The van der Waals surface area contributed by atoms with Gasteiger partial charge >= 0.3 is 0 Å². The standard InChI is InChI=1S/C26H24N2O3/c1-30-23-15-18-12-13-28(26(29)22-14-19-10-6-7-11-21(19)27-22)25(17-8-4-3-5-9-17)20(18)16-24(23)31-2/h3-11,14-16,25,27H,12-13H2,1-2H3. The van der Waals surface area contributed by atoms with Gasteiger partial charge in [0.25, 0.3) is 5.91 Å². The zero-order valence-electron chi connectivity index (χ0n) is 17.6. The van der Waals surface area contributed by atoms with E-state index < -0.39 is 0 Å². The van der Waals surface area contributed by atoms with Crippen LogP contribution in [0.25, 0.3) is 10.9 Å². The third-order valence-corrected chi connectivity index (χ3v) is 6.01. The largest absolute Gasteiger partial charge is 0.493 e. The Balaban J connectivity index is 1.62. The number of hydrogen-bond donors (Lipinski definition) is 1. The third-order valence-electron chi connectivity index (χ3n) is 6.01. The Morgan fingerprint density at radius 3 is 2.39 bits per heavy atom. The second-order valence-corrected chi connectivity index (χ2v) is 7.74. The molecule has 5 heteroatoms. The zero-order valence-corrected chi connectivity index (χ0v) is 17.6. The number of aromatic nitrogens is 1. The van der Waals surface area contributed by atoms with Crippen molar-refractivity contribution in [1.82, 2.24) is 9.88 Å². The molecule has 5 nitrogen and oxygen atoms in total. The summed E-state index contributed by atoms with van der Waals surface area (Å²) in [5.74, 6) is 1.37. The van der Waals surface area contributed by atoms with Crippen LogP contribution in [-0.2, 0) is 6.42 Å². The Bertz CT molecular complexity index is 1210. The summed E-state index contributed by atoms with van der Waals surface area (Å²) >= 11 is 0. The average Bonchev–Trinajstić information content (AvgIpc) is 3.26. The van der Waals surface area contributed by atoms with E-state index in [1.165, 1.54) is 5.56 Å². The Hall–Kier alpha value is -3.73. The zero-order chi connectivity index (χ0) is 21.4. The van der Waals surface area contributed by atoms with Crippen molar-refractivity contribution in [3.63, 3.8) is 0 Å². The van der Waals surface area contributed by atoms with Crippen LogP contribution in [0, 0.1) is 0 Å². The van der Waals surface area contributed by atoms with Gasteiger partial charge in [0.2, 0.25) is 0 Å². The normalized spacial score (nSPS) is 15.5. The molecule has 1 aliphatic rings. The summed E-state index contributed by atoms with van der Waals surface area (Å²) in [6.07, 6.45) is 0.755. The van der Waals surface area contributed by atoms with Crippen molar-refractivity contribution in [2.24, 2.45) is 0 Å². The maximum atomic E-state index is 13.7. The number of nitrogens with one attached hydrogen (secondary N) is 1. The fourth-order valence-corrected chi connectivity index (χ4v) is 4.50. The lowest BCUT2D eigenvalue weighted by Gasteiger charge is -2.38. The van der Waals surface area contributed by atoms with Crippen molar-refractivity contribution >= 4 is 16.8 Å². The first-order valence-electron chi connectivity index (χ1n) is 10.4. The van der Waals surface area contributed by atoms with Gasteiger partial charge in [-0.25, -0.2) is 0 Å². The Labute approximate surface area is 181 Å². The van der Waals surface area contributed by atoms with Gasteiger partial charge in [0.15, 0.2) is 11.5 Å². The summed E-state index contributed by atoms with van der Waals surface area (Å²) < 4.78 is 11.1. The second-order valence-electron chi connectivity index (χ2n) is 7.74. The van der Waals surface area contributed by atoms with Gasteiger partial charge in [0.05, 0.1) is 20.3 Å². The smallest absolute Gasteiger partial charge is 0.271 e. The van der Waals surface area contributed by atoms with E-state index in [1.54, 1.807) is 14.2 Å². The molecule has 0 fully saturated rings. The molecule has 31 heavy (non-hydrogen) atoms. The molecule has 2 heterocycles. The fraction of sp³-hybridized carbons (Fsp3) is 0.192. The average molecular weight is 412 g/mol. The molecule has 5 rings (SSSR count). The maximum absolute atomic E-state index is 13.7. The van der Waals surface area contributed by atoms with Gasteiger partial charge in [0, 0.05) is 17.4 Å². The number of carbonyl (C=O) groups excluding carboxylic acids is 1. The molecule has 0 spiro atoms. The van der Waals surface area contributed by atoms with Crippen LogP contribution in [0.1, 0.15) is 33.2 Å². The number of carbonyl (C=O) groups is 1. The molecular formula is C26H24N2O3. The van der Waals surface area contributed by atoms with E-state index in [0.29, 0.717) is 23.7 Å². The van der Waals surface area contributed by atoms with Crippen molar-refractivity contribution in [1.29, 1.82) is 0 Å². The van der Waals surface area contributed by atoms with Gasteiger partial charge in [0.1, 0.15) is 5.69 Å². The van der Waals surface area contributed by atoms with Crippen LogP contribution < -0.4 is 9.47 Å². The molecule has 156 valence electrons. The van der Waals surface area contributed by atoms with Crippen molar-refractivity contribution in [2.75, 3.05) is 20.8 Å². The minimum absolute atomic E-state index is 0.00881. The number of nitrogens with zero attached hydrogens (tertiary/aromatic N) is 1. The van der Waals surface area contributed by atoms with E-state index in [-0.39, 0.29) is 11.9 Å². The lowest BCUT2D eigenvalue weighted by molar-refractivity contribution is 0.0689. The van der Waals surface area contributed by atoms with E-state index >= 15 is 0 Å². The summed E-state index contributed by atoms with van der Waals surface area (Å²) in [5, 5.41) is 1.03. The summed E-state index contributed by atoms with van der Waals surface area (Å²) in [6.45, 7) is 0.621. The molecule has 0 bridgehead atoms. The van der Waals surface area contributed by atoms with Gasteiger partial charge in [-0.05, 0) is 47.4 Å². The molecule has 3 aromatic carbocycles. The third kappa shape index (κ3) is 3.32. The van der Waals surface area contributed by atoms with E-state index in [9.17, 15) is 4.79 Å². The molecule has 0 radical (unpaired) electrons. The van der Waals surface area contributed by atoms with Gasteiger partial charge in [-0.15, -0.1) is 0 Å². The van der Waals surface area contributed by atoms with Crippen molar-refractivity contribution in [3.8, 4) is 11.5 Å². The monoisotopic (exact) mass is 412 g/mol. The first-order valence-corrected chi connectivity index (χ1v) is 10.4. The molecule has 1 atom stereocenters. The minimum Gasteiger partial charge on any atom is -0.493 e. The highest BCUT2D eigenvalue weighted by Crippen LogP contribution is 2.41. The molecule has 0 saturated carbocycles. The molecule has 4 aromatic rings. The summed E-state index contributed by atoms with van der Waals surface area (Å²) in [6, 6.07) is 23.9. The number of hydrogen-bond acceptors (Lipinski definition) is 3. The SMILES string of the molecule is COc1cc2c(cc1OC)C(c1ccccc1)N(C(=O)c1cc3ccccc3[nH]1)CC2. The van der Waals surface area contributed by atoms with Gasteiger partial charge in [-0.1, -0.05) is 48.5 Å². The van der Waals surface area contributed by atoms with Crippen LogP contribution in [0.15, 0.2) is 72.8 Å². The van der Waals surface area contributed by atoms with Crippen LogP contribution in [-0.4, -0.2) is 36.6 Å². The van der Waals surface area contributed by atoms with Crippen LogP contribution >= 0.6 is 0 Å². The number of para-hydroxylation sites is 1. The van der Waals surface area contributed by atoms with Crippen molar-refractivity contribution in [2.45, 2.75) is 12.5 Å². The highest BCUT2D eigenvalue weighted by atomic mass is 16.5. The molecule has 1 unspecified atom stereocenters. The molecule has 1 aromatic heterocycles. The van der Waals surface area contributed by atoms with E-state index in [2.05, 4.69) is 17.1 Å². The number of aromatic amines is 1. The van der Waals surface area contributed by atoms with E-state index in [0.717, 1.165) is 28.5 Å².